The predicted octanol–water partition coefficient (Wildman–Crippen LogP) is 0.717. The molecule has 2 rings (SSSR count). The fourth-order valence-electron chi connectivity index (χ4n) is 2.21. The molecular weight excluding hydrogens is 206 g/mol. The minimum absolute atomic E-state index is 0.203. The van der Waals surface area contributed by atoms with Gasteiger partial charge in [0, 0.05) is 31.9 Å². The summed E-state index contributed by atoms with van der Waals surface area (Å²) < 4.78 is 1.77. The van der Waals surface area contributed by atoms with Crippen LogP contribution >= 0.6 is 0 Å². The van der Waals surface area contributed by atoms with Gasteiger partial charge in [0.15, 0.2) is 0 Å². The van der Waals surface area contributed by atoms with Crippen LogP contribution in [0.4, 0.5) is 0 Å². The van der Waals surface area contributed by atoms with Gasteiger partial charge < -0.3 is 5.11 Å². The van der Waals surface area contributed by atoms with Crippen LogP contribution in [0.5, 0.6) is 0 Å². The molecule has 1 fully saturated rings. The van der Waals surface area contributed by atoms with E-state index in [0.29, 0.717) is 6.54 Å². The van der Waals surface area contributed by atoms with Gasteiger partial charge in [0.25, 0.3) is 0 Å². The molecule has 1 saturated heterocycles. The van der Waals surface area contributed by atoms with E-state index in [0.717, 1.165) is 31.5 Å². The fourth-order valence-corrected chi connectivity index (χ4v) is 2.21. The number of likely N-dealkylation sites (tertiary alicyclic amines) is 1. The van der Waals surface area contributed by atoms with Crippen molar-refractivity contribution in [1.82, 2.24) is 14.7 Å². The zero-order valence-electron chi connectivity index (χ0n) is 9.46. The van der Waals surface area contributed by atoms with Crippen LogP contribution in [0.25, 0.3) is 0 Å². The van der Waals surface area contributed by atoms with Crippen LogP contribution in [0.2, 0.25) is 0 Å². The number of hydrogen-bond acceptors (Lipinski definition) is 3. The third-order valence-corrected chi connectivity index (χ3v) is 3.02. The highest BCUT2D eigenvalue weighted by Gasteiger charge is 2.25. The van der Waals surface area contributed by atoms with Gasteiger partial charge in [-0.2, -0.15) is 5.10 Å². The number of carboxylic acids is 1. The van der Waals surface area contributed by atoms with E-state index < -0.39 is 5.97 Å². The van der Waals surface area contributed by atoms with Crippen LogP contribution in [-0.4, -0.2) is 38.8 Å². The van der Waals surface area contributed by atoms with Gasteiger partial charge in [-0.1, -0.05) is 0 Å². The molecule has 88 valence electrons. The standard InChI is InChI=1S/C11H17N3O2/c1-13-6-9(5-12-13)7-14-4-2-3-10(8-14)11(15)16/h5-6,10H,2-4,7-8H2,1H3,(H,15,16). The zero-order valence-corrected chi connectivity index (χ0v) is 9.46. The summed E-state index contributed by atoms with van der Waals surface area (Å²) in [4.78, 5) is 13.1. The molecular formula is C11H17N3O2. The Morgan fingerprint density at radius 1 is 1.69 bits per heavy atom. The van der Waals surface area contributed by atoms with Crippen LogP contribution < -0.4 is 0 Å². The molecule has 0 bridgehead atoms. The fraction of sp³-hybridized carbons (Fsp3) is 0.636. The normalized spacial score (nSPS) is 22.2. The lowest BCUT2D eigenvalue weighted by molar-refractivity contribution is -0.143. The summed E-state index contributed by atoms with van der Waals surface area (Å²) in [5.41, 5.74) is 1.15. The molecule has 0 aromatic carbocycles. The Hall–Kier alpha value is -1.36. The highest BCUT2D eigenvalue weighted by molar-refractivity contribution is 5.70. The third kappa shape index (κ3) is 2.61. The van der Waals surface area contributed by atoms with E-state index >= 15 is 0 Å². The van der Waals surface area contributed by atoms with Crippen LogP contribution in [0.15, 0.2) is 12.4 Å². The molecule has 1 aromatic heterocycles. The molecule has 0 saturated carbocycles. The number of carboxylic acid groups (broad SMARTS) is 1. The van der Waals surface area contributed by atoms with E-state index in [9.17, 15) is 4.79 Å². The molecule has 16 heavy (non-hydrogen) atoms. The average molecular weight is 223 g/mol. The Labute approximate surface area is 94.7 Å². The maximum absolute atomic E-state index is 10.9. The molecule has 1 unspecified atom stereocenters. The summed E-state index contributed by atoms with van der Waals surface area (Å²) in [6, 6.07) is 0. The lowest BCUT2D eigenvalue weighted by atomic mass is 9.98. The Morgan fingerprint density at radius 3 is 3.12 bits per heavy atom. The second-order valence-electron chi connectivity index (χ2n) is 4.43. The topological polar surface area (TPSA) is 58.4 Å². The first-order chi connectivity index (χ1) is 7.65. The molecule has 1 aliphatic heterocycles. The van der Waals surface area contributed by atoms with E-state index in [2.05, 4.69) is 10.00 Å². The van der Waals surface area contributed by atoms with Crippen molar-refractivity contribution in [2.24, 2.45) is 13.0 Å². The Kier molecular flexibility index (Phi) is 3.24. The van der Waals surface area contributed by atoms with Crippen molar-refractivity contribution >= 4 is 5.97 Å². The Morgan fingerprint density at radius 2 is 2.50 bits per heavy atom. The smallest absolute Gasteiger partial charge is 0.307 e. The maximum Gasteiger partial charge on any atom is 0.307 e. The Bertz CT molecular complexity index is 375. The van der Waals surface area contributed by atoms with Crippen LogP contribution in [-0.2, 0) is 18.4 Å². The van der Waals surface area contributed by atoms with Gasteiger partial charge in [-0.15, -0.1) is 0 Å². The van der Waals surface area contributed by atoms with E-state index in [1.54, 1.807) is 4.68 Å². The van der Waals surface area contributed by atoms with Gasteiger partial charge >= 0.3 is 5.97 Å². The molecule has 1 N–H and O–H groups in total. The van der Waals surface area contributed by atoms with Gasteiger partial charge in [-0.25, -0.2) is 0 Å². The third-order valence-electron chi connectivity index (χ3n) is 3.02. The van der Waals surface area contributed by atoms with Gasteiger partial charge in [-0.3, -0.25) is 14.4 Å². The number of aryl methyl sites for hydroxylation is 1. The summed E-state index contributed by atoms with van der Waals surface area (Å²) >= 11 is 0. The van der Waals surface area contributed by atoms with Crippen molar-refractivity contribution < 1.29 is 9.90 Å². The monoisotopic (exact) mass is 223 g/mol. The van der Waals surface area contributed by atoms with E-state index in [1.165, 1.54) is 0 Å². The minimum Gasteiger partial charge on any atom is -0.481 e. The lowest BCUT2D eigenvalue weighted by Crippen LogP contribution is -2.38. The molecule has 5 heteroatoms. The van der Waals surface area contributed by atoms with Crippen molar-refractivity contribution in [3.8, 4) is 0 Å². The quantitative estimate of drug-likeness (QED) is 0.820. The van der Waals surface area contributed by atoms with Crippen molar-refractivity contribution in [2.75, 3.05) is 13.1 Å². The number of piperidine rings is 1. The van der Waals surface area contributed by atoms with Crippen molar-refractivity contribution in [2.45, 2.75) is 19.4 Å². The van der Waals surface area contributed by atoms with Crippen molar-refractivity contribution in [3.63, 3.8) is 0 Å². The zero-order chi connectivity index (χ0) is 11.5. The SMILES string of the molecule is Cn1cc(CN2CCCC(C(=O)O)C2)cn1. The lowest BCUT2D eigenvalue weighted by Gasteiger charge is -2.30. The molecule has 2 heterocycles. The number of aliphatic carboxylic acids is 1. The average Bonchev–Trinajstić information content (AvgIpc) is 2.64. The molecule has 0 aliphatic carbocycles. The Balaban J connectivity index is 1.92. The largest absolute Gasteiger partial charge is 0.481 e. The van der Waals surface area contributed by atoms with E-state index in [1.807, 2.05) is 19.4 Å². The molecule has 1 atom stereocenters. The summed E-state index contributed by atoms with van der Waals surface area (Å²) in [5.74, 6) is -0.874. The van der Waals surface area contributed by atoms with Crippen molar-refractivity contribution in [3.05, 3.63) is 18.0 Å². The van der Waals surface area contributed by atoms with Gasteiger partial charge in [0.05, 0.1) is 12.1 Å². The number of aromatic nitrogens is 2. The highest BCUT2D eigenvalue weighted by Crippen LogP contribution is 2.18. The van der Waals surface area contributed by atoms with Crippen molar-refractivity contribution in [1.29, 1.82) is 0 Å². The molecule has 1 aliphatic rings. The van der Waals surface area contributed by atoms with Crippen LogP contribution in [0.1, 0.15) is 18.4 Å². The van der Waals surface area contributed by atoms with Crippen LogP contribution in [0, 0.1) is 5.92 Å². The first kappa shape index (κ1) is 11.1. The number of nitrogens with zero attached hydrogens (tertiary/aromatic N) is 3. The second-order valence-corrected chi connectivity index (χ2v) is 4.43. The summed E-state index contributed by atoms with van der Waals surface area (Å²) in [6.07, 6.45) is 5.59. The maximum atomic E-state index is 10.9. The highest BCUT2D eigenvalue weighted by atomic mass is 16.4. The second kappa shape index (κ2) is 4.65. The molecule has 5 nitrogen and oxygen atoms in total. The van der Waals surface area contributed by atoms with Gasteiger partial charge in [0.1, 0.15) is 0 Å². The van der Waals surface area contributed by atoms with E-state index in [-0.39, 0.29) is 5.92 Å². The summed E-state index contributed by atoms with van der Waals surface area (Å²) in [5, 5.41) is 13.1. The number of carbonyl (C=O) groups is 1. The van der Waals surface area contributed by atoms with Crippen LogP contribution in [0.3, 0.4) is 0 Å². The predicted molar refractivity (Wildman–Crippen MR) is 58.8 cm³/mol. The first-order valence-electron chi connectivity index (χ1n) is 5.58. The summed E-state index contributed by atoms with van der Waals surface area (Å²) in [6.45, 7) is 2.44. The molecule has 0 amide bonds. The summed E-state index contributed by atoms with van der Waals surface area (Å²) in [7, 11) is 1.89. The molecule has 0 radical (unpaired) electrons. The van der Waals surface area contributed by atoms with E-state index in [4.69, 9.17) is 5.11 Å². The minimum atomic E-state index is -0.670. The first-order valence-corrected chi connectivity index (χ1v) is 5.58. The molecule has 0 spiro atoms. The van der Waals surface area contributed by atoms with Gasteiger partial charge in [-0.05, 0) is 19.4 Å². The number of rotatable bonds is 3. The molecule has 1 aromatic rings. The number of hydrogen-bond donors (Lipinski definition) is 1. The van der Waals surface area contributed by atoms with Gasteiger partial charge in [0.2, 0.25) is 0 Å².